The average Bonchev–Trinajstić information content (AvgIpc) is 2.79. The maximum absolute atomic E-state index is 11.5. The number of furan rings is 1. The first-order valence-corrected chi connectivity index (χ1v) is 5.90. The van der Waals surface area contributed by atoms with Gasteiger partial charge in [0.15, 0.2) is 10.4 Å². The number of aliphatic hydroxyl groups excluding tert-OH is 1. The number of carboxylic acids is 1. The standard InChI is InChI=1S/C10H11BrN2O6/c11-7-2-1-6(19-7)9(16)12-3-8(15)13-5(4-14)10(17)18/h1-2,5,14H,3-4H2,(H,12,16)(H,13,15)(H,17,18). The third-order valence-corrected chi connectivity index (χ3v) is 2.45. The molecule has 1 aromatic heterocycles. The van der Waals surface area contributed by atoms with E-state index in [0.717, 1.165) is 0 Å². The summed E-state index contributed by atoms with van der Waals surface area (Å²) in [5.74, 6) is -2.70. The Hall–Kier alpha value is -1.87. The lowest BCUT2D eigenvalue weighted by Gasteiger charge is -2.11. The van der Waals surface area contributed by atoms with Gasteiger partial charge in [0.25, 0.3) is 5.91 Å². The van der Waals surface area contributed by atoms with Crippen LogP contribution in [0.2, 0.25) is 0 Å². The molecule has 1 unspecified atom stereocenters. The quantitative estimate of drug-likeness (QED) is 0.546. The van der Waals surface area contributed by atoms with Gasteiger partial charge in [0.05, 0.1) is 13.2 Å². The summed E-state index contributed by atoms with van der Waals surface area (Å²) in [6.45, 7) is -1.17. The molecular formula is C10H11BrN2O6. The summed E-state index contributed by atoms with van der Waals surface area (Å²) in [6.07, 6.45) is 0. The maximum Gasteiger partial charge on any atom is 0.328 e. The van der Waals surface area contributed by atoms with E-state index in [9.17, 15) is 14.4 Å². The molecule has 8 nitrogen and oxygen atoms in total. The first kappa shape index (κ1) is 15.2. The number of nitrogens with one attached hydrogen (secondary N) is 2. The molecule has 1 atom stereocenters. The van der Waals surface area contributed by atoms with E-state index < -0.39 is 37.0 Å². The third-order valence-electron chi connectivity index (χ3n) is 2.02. The summed E-state index contributed by atoms with van der Waals surface area (Å²) in [5, 5.41) is 21.6. The van der Waals surface area contributed by atoms with E-state index in [1.54, 1.807) is 0 Å². The zero-order chi connectivity index (χ0) is 14.4. The number of halogens is 1. The number of carbonyl (C=O) groups is 3. The highest BCUT2D eigenvalue weighted by Crippen LogP contribution is 2.13. The van der Waals surface area contributed by atoms with Gasteiger partial charge >= 0.3 is 5.97 Å². The van der Waals surface area contributed by atoms with E-state index in [1.807, 2.05) is 5.32 Å². The molecule has 4 N–H and O–H groups in total. The van der Waals surface area contributed by atoms with Gasteiger partial charge in [0.1, 0.15) is 6.04 Å². The number of amides is 2. The molecule has 19 heavy (non-hydrogen) atoms. The van der Waals surface area contributed by atoms with Crippen molar-refractivity contribution >= 4 is 33.7 Å². The Morgan fingerprint density at radius 3 is 2.53 bits per heavy atom. The Labute approximate surface area is 115 Å². The second-order valence-electron chi connectivity index (χ2n) is 3.43. The highest BCUT2D eigenvalue weighted by atomic mass is 79.9. The van der Waals surface area contributed by atoms with Crippen molar-refractivity contribution in [3.8, 4) is 0 Å². The molecule has 0 saturated carbocycles. The molecule has 0 aliphatic heterocycles. The van der Waals surface area contributed by atoms with Gasteiger partial charge in [-0.05, 0) is 28.1 Å². The molecule has 0 aromatic carbocycles. The van der Waals surface area contributed by atoms with Crippen LogP contribution in [0.1, 0.15) is 10.6 Å². The number of carbonyl (C=O) groups excluding carboxylic acids is 2. The van der Waals surface area contributed by atoms with E-state index in [-0.39, 0.29) is 5.76 Å². The summed E-state index contributed by atoms with van der Waals surface area (Å²) in [5.41, 5.74) is 0. The Morgan fingerprint density at radius 1 is 1.37 bits per heavy atom. The van der Waals surface area contributed by atoms with Gasteiger partial charge in [0.2, 0.25) is 5.91 Å². The lowest BCUT2D eigenvalue weighted by Crippen LogP contribution is -2.47. The van der Waals surface area contributed by atoms with Crippen molar-refractivity contribution in [3.63, 3.8) is 0 Å². The van der Waals surface area contributed by atoms with Crippen LogP contribution in [0.5, 0.6) is 0 Å². The van der Waals surface area contributed by atoms with E-state index in [2.05, 4.69) is 21.2 Å². The predicted octanol–water partition coefficient (Wildman–Crippen LogP) is -0.666. The number of rotatable bonds is 6. The Kier molecular flexibility index (Phi) is 5.52. The van der Waals surface area contributed by atoms with Crippen LogP contribution in [-0.4, -0.2) is 47.2 Å². The zero-order valence-electron chi connectivity index (χ0n) is 9.55. The second-order valence-corrected chi connectivity index (χ2v) is 4.21. The van der Waals surface area contributed by atoms with Gasteiger partial charge < -0.3 is 25.3 Å². The van der Waals surface area contributed by atoms with Crippen LogP contribution in [0.15, 0.2) is 21.2 Å². The first-order valence-electron chi connectivity index (χ1n) is 5.10. The van der Waals surface area contributed by atoms with Gasteiger partial charge in [-0.25, -0.2) is 4.79 Å². The van der Waals surface area contributed by atoms with Crippen molar-refractivity contribution < 1.29 is 29.0 Å². The normalized spacial score (nSPS) is 11.7. The van der Waals surface area contributed by atoms with Crippen molar-refractivity contribution in [1.82, 2.24) is 10.6 Å². The molecule has 0 aliphatic carbocycles. The van der Waals surface area contributed by atoms with Crippen LogP contribution in [0, 0.1) is 0 Å². The van der Waals surface area contributed by atoms with Crippen LogP contribution in [-0.2, 0) is 9.59 Å². The molecule has 0 aliphatic rings. The van der Waals surface area contributed by atoms with E-state index in [0.29, 0.717) is 4.67 Å². The topological polar surface area (TPSA) is 129 Å². The van der Waals surface area contributed by atoms with E-state index in [4.69, 9.17) is 14.6 Å². The summed E-state index contributed by atoms with van der Waals surface area (Å²) in [6, 6.07) is 1.52. The van der Waals surface area contributed by atoms with E-state index in [1.165, 1.54) is 12.1 Å². The Balaban J connectivity index is 2.42. The van der Waals surface area contributed by atoms with Gasteiger partial charge in [-0.15, -0.1) is 0 Å². The minimum atomic E-state index is -1.40. The summed E-state index contributed by atoms with van der Waals surface area (Å²) >= 11 is 3.02. The van der Waals surface area contributed by atoms with Gasteiger partial charge in [-0.2, -0.15) is 0 Å². The van der Waals surface area contributed by atoms with Crippen LogP contribution in [0.3, 0.4) is 0 Å². The van der Waals surface area contributed by atoms with Crippen molar-refractivity contribution in [2.45, 2.75) is 6.04 Å². The lowest BCUT2D eigenvalue weighted by molar-refractivity contribution is -0.142. The molecule has 9 heteroatoms. The molecule has 2 amide bonds. The molecule has 1 aromatic rings. The van der Waals surface area contributed by atoms with Crippen LogP contribution < -0.4 is 10.6 Å². The zero-order valence-corrected chi connectivity index (χ0v) is 11.1. The SMILES string of the molecule is O=C(CNC(=O)c1ccc(Br)o1)NC(CO)C(=O)O. The number of hydrogen-bond donors (Lipinski definition) is 4. The van der Waals surface area contributed by atoms with E-state index >= 15 is 0 Å². The van der Waals surface area contributed by atoms with Crippen molar-refractivity contribution in [2.75, 3.05) is 13.2 Å². The number of aliphatic carboxylic acids is 1. The molecule has 0 radical (unpaired) electrons. The lowest BCUT2D eigenvalue weighted by atomic mass is 10.3. The summed E-state index contributed by atoms with van der Waals surface area (Å²) < 4.78 is 5.33. The molecule has 0 spiro atoms. The summed E-state index contributed by atoms with van der Waals surface area (Å²) in [7, 11) is 0. The van der Waals surface area contributed by atoms with Gasteiger partial charge in [0, 0.05) is 0 Å². The van der Waals surface area contributed by atoms with Crippen LogP contribution in [0.4, 0.5) is 0 Å². The monoisotopic (exact) mass is 334 g/mol. The largest absolute Gasteiger partial charge is 0.480 e. The highest BCUT2D eigenvalue weighted by Gasteiger charge is 2.19. The molecule has 0 bridgehead atoms. The molecule has 1 rings (SSSR count). The van der Waals surface area contributed by atoms with Crippen LogP contribution in [0.25, 0.3) is 0 Å². The molecule has 0 saturated heterocycles. The smallest absolute Gasteiger partial charge is 0.328 e. The average molecular weight is 335 g/mol. The molecule has 104 valence electrons. The van der Waals surface area contributed by atoms with Gasteiger partial charge in [-0.1, -0.05) is 0 Å². The fourth-order valence-electron chi connectivity index (χ4n) is 1.11. The van der Waals surface area contributed by atoms with Crippen molar-refractivity contribution in [2.24, 2.45) is 0 Å². The first-order chi connectivity index (χ1) is 8.93. The molecule has 0 fully saturated rings. The predicted molar refractivity (Wildman–Crippen MR) is 65.4 cm³/mol. The fourth-order valence-corrected chi connectivity index (χ4v) is 1.42. The van der Waals surface area contributed by atoms with Gasteiger partial charge in [-0.3, -0.25) is 9.59 Å². The molecule has 1 heterocycles. The fraction of sp³-hybridized carbons (Fsp3) is 0.300. The summed E-state index contributed by atoms with van der Waals surface area (Å²) in [4.78, 5) is 33.3. The minimum absolute atomic E-state index is 0.0108. The molecular weight excluding hydrogens is 324 g/mol. The van der Waals surface area contributed by atoms with Crippen molar-refractivity contribution in [1.29, 1.82) is 0 Å². The minimum Gasteiger partial charge on any atom is -0.480 e. The number of carboxylic acid groups (broad SMARTS) is 1. The third kappa shape index (κ3) is 4.72. The van der Waals surface area contributed by atoms with Crippen molar-refractivity contribution in [3.05, 3.63) is 22.6 Å². The van der Waals surface area contributed by atoms with Crippen LogP contribution >= 0.6 is 15.9 Å². The Bertz CT molecular complexity index is 486. The second kappa shape index (κ2) is 6.90. The maximum atomic E-state index is 11.5. The number of hydrogen-bond acceptors (Lipinski definition) is 5. The highest BCUT2D eigenvalue weighted by molar-refractivity contribution is 9.10. The number of aliphatic hydroxyl groups is 1. The Morgan fingerprint density at radius 2 is 2.05 bits per heavy atom.